The van der Waals surface area contributed by atoms with E-state index in [2.05, 4.69) is 10.6 Å². The van der Waals surface area contributed by atoms with Gasteiger partial charge in [-0.25, -0.2) is 0 Å². The van der Waals surface area contributed by atoms with Gasteiger partial charge in [0, 0.05) is 16.9 Å². The molecule has 0 aliphatic heterocycles. The number of nitriles is 1. The normalized spacial score (nSPS) is 11.7. The van der Waals surface area contributed by atoms with E-state index in [4.69, 9.17) is 40.1 Å². The fraction of sp³-hybridized carbons (Fsp3) is 0.0588. The summed E-state index contributed by atoms with van der Waals surface area (Å²) in [6.07, 6.45) is -3.80. The SMILES string of the molecule is N#C/C(=C/Nc1ccc(Cl)cc1C(F)(F)F)C(=O)Nc1ccc(Cl)c(Cl)c1. The molecule has 0 saturated heterocycles. The smallest absolute Gasteiger partial charge is 0.360 e. The van der Waals surface area contributed by atoms with Crippen LogP contribution in [0.15, 0.2) is 48.2 Å². The Morgan fingerprint density at radius 1 is 1.07 bits per heavy atom. The van der Waals surface area contributed by atoms with E-state index in [-0.39, 0.29) is 26.4 Å². The average Bonchev–Trinajstić information content (AvgIpc) is 2.59. The predicted octanol–water partition coefficient (Wildman–Crippen LogP) is 6.12. The van der Waals surface area contributed by atoms with Gasteiger partial charge in [-0.1, -0.05) is 34.8 Å². The third kappa shape index (κ3) is 5.54. The molecule has 0 aliphatic carbocycles. The summed E-state index contributed by atoms with van der Waals surface area (Å²) in [5.41, 5.74) is -1.59. The first kappa shape index (κ1) is 20.9. The van der Waals surface area contributed by atoms with Gasteiger partial charge in [-0.2, -0.15) is 18.4 Å². The lowest BCUT2D eigenvalue weighted by Gasteiger charge is -2.13. The third-order valence-corrected chi connectivity index (χ3v) is 4.18. The Bertz CT molecular complexity index is 953. The van der Waals surface area contributed by atoms with Crippen molar-refractivity contribution < 1.29 is 18.0 Å². The first-order valence-corrected chi connectivity index (χ1v) is 8.25. The van der Waals surface area contributed by atoms with Crippen molar-refractivity contribution >= 4 is 52.1 Å². The highest BCUT2D eigenvalue weighted by Crippen LogP contribution is 2.36. The highest BCUT2D eigenvalue weighted by molar-refractivity contribution is 6.42. The molecular formula is C17H9Cl3F3N3O. The van der Waals surface area contributed by atoms with Crippen molar-refractivity contribution in [3.05, 3.63) is 68.8 Å². The Morgan fingerprint density at radius 3 is 2.37 bits per heavy atom. The first-order valence-electron chi connectivity index (χ1n) is 7.12. The molecule has 0 saturated carbocycles. The van der Waals surface area contributed by atoms with Gasteiger partial charge in [-0.15, -0.1) is 0 Å². The number of hydrogen-bond acceptors (Lipinski definition) is 3. The van der Waals surface area contributed by atoms with Crippen molar-refractivity contribution in [3.63, 3.8) is 0 Å². The minimum atomic E-state index is -4.67. The second-order valence-corrected chi connectivity index (χ2v) is 6.34. The van der Waals surface area contributed by atoms with Crippen molar-refractivity contribution in [2.45, 2.75) is 6.18 Å². The van der Waals surface area contributed by atoms with Gasteiger partial charge in [0.2, 0.25) is 0 Å². The van der Waals surface area contributed by atoms with Gasteiger partial charge >= 0.3 is 6.18 Å². The van der Waals surface area contributed by atoms with Crippen LogP contribution >= 0.6 is 34.8 Å². The number of halogens is 6. The van der Waals surface area contributed by atoms with Crippen molar-refractivity contribution in [1.29, 1.82) is 5.26 Å². The van der Waals surface area contributed by atoms with Crippen LogP contribution in [-0.2, 0) is 11.0 Å². The number of amides is 1. The van der Waals surface area contributed by atoms with Crippen LogP contribution < -0.4 is 10.6 Å². The maximum atomic E-state index is 13.1. The second-order valence-electron chi connectivity index (χ2n) is 5.08. The maximum Gasteiger partial charge on any atom is 0.418 e. The molecule has 0 aromatic heterocycles. The fourth-order valence-electron chi connectivity index (χ4n) is 1.95. The molecule has 2 rings (SSSR count). The summed E-state index contributed by atoms with van der Waals surface area (Å²) in [7, 11) is 0. The summed E-state index contributed by atoms with van der Waals surface area (Å²) in [6, 6.07) is 8.94. The Kier molecular flexibility index (Phi) is 6.60. The van der Waals surface area contributed by atoms with Gasteiger partial charge in [-0.05, 0) is 36.4 Å². The zero-order chi connectivity index (χ0) is 20.2. The summed E-state index contributed by atoms with van der Waals surface area (Å²) >= 11 is 17.2. The number of nitrogens with zero attached hydrogens (tertiary/aromatic N) is 1. The fourth-order valence-corrected chi connectivity index (χ4v) is 2.42. The summed E-state index contributed by atoms with van der Waals surface area (Å²) in [5, 5.41) is 14.2. The number of alkyl halides is 3. The lowest BCUT2D eigenvalue weighted by molar-refractivity contribution is -0.136. The summed E-state index contributed by atoms with van der Waals surface area (Å²) in [6.45, 7) is 0. The molecule has 0 fully saturated rings. The molecule has 27 heavy (non-hydrogen) atoms. The summed E-state index contributed by atoms with van der Waals surface area (Å²) in [5.74, 6) is -0.842. The number of hydrogen-bond donors (Lipinski definition) is 2. The molecule has 2 N–H and O–H groups in total. The first-order chi connectivity index (χ1) is 12.6. The van der Waals surface area contributed by atoms with Gasteiger partial charge in [0.25, 0.3) is 5.91 Å². The molecule has 10 heteroatoms. The van der Waals surface area contributed by atoms with Gasteiger partial charge in [0.05, 0.1) is 21.3 Å². The zero-order valence-electron chi connectivity index (χ0n) is 13.2. The van der Waals surface area contributed by atoms with E-state index < -0.39 is 23.2 Å². The molecule has 0 unspecified atom stereocenters. The number of rotatable bonds is 4. The van der Waals surface area contributed by atoms with Crippen LogP contribution in [0.1, 0.15) is 5.56 Å². The van der Waals surface area contributed by atoms with Crippen LogP contribution in [0, 0.1) is 11.3 Å². The van der Waals surface area contributed by atoms with Crippen molar-refractivity contribution in [3.8, 4) is 6.07 Å². The lowest BCUT2D eigenvalue weighted by Crippen LogP contribution is -2.15. The third-order valence-electron chi connectivity index (χ3n) is 3.20. The molecule has 0 spiro atoms. The average molecular weight is 435 g/mol. The number of anilines is 2. The molecule has 0 radical (unpaired) electrons. The molecule has 0 heterocycles. The highest BCUT2D eigenvalue weighted by atomic mass is 35.5. The Hall–Kier alpha value is -2.40. The topological polar surface area (TPSA) is 64.9 Å². The number of carbonyl (C=O) groups excluding carboxylic acids is 1. The Morgan fingerprint density at radius 2 is 1.78 bits per heavy atom. The monoisotopic (exact) mass is 433 g/mol. The molecular weight excluding hydrogens is 426 g/mol. The van der Waals surface area contributed by atoms with E-state index in [0.29, 0.717) is 0 Å². The standard InChI is InChI=1S/C17H9Cl3F3N3O/c18-10-1-4-15(12(5-10)17(21,22)23)25-8-9(7-24)16(27)26-11-2-3-13(19)14(20)6-11/h1-6,8,25H,(H,26,27)/b9-8-. The second kappa shape index (κ2) is 8.53. The van der Waals surface area contributed by atoms with Crippen molar-refractivity contribution in [2.75, 3.05) is 10.6 Å². The molecule has 2 aromatic carbocycles. The molecule has 1 amide bonds. The van der Waals surface area contributed by atoms with Crippen molar-refractivity contribution in [1.82, 2.24) is 0 Å². The van der Waals surface area contributed by atoms with Gasteiger partial charge in [-0.3, -0.25) is 4.79 Å². The lowest BCUT2D eigenvalue weighted by atomic mass is 10.1. The van der Waals surface area contributed by atoms with E-state index in [1.54, 1.807) is 6.07 Å². The van der Waals surface area contributed by atoms with Gasteiger partial charge in [0.1, 0.15) is 11.6 Å². The molecule has 0 bridgehead atoms. The van der Waals surface area contributed by atoms with Gasteiger partial charge in [0.15, 0.2) is 0 Å². The van der Waals surface area contributed by atoms with Crippen molar-refractivity contribution in [2.24, 2.45) is 0 Å². The van der Waals surface area contributed by atoms with Crippen LogP contribution in [0.5, 0.6) is 0 Å². The van der Waals surface area contributed by atoms with Crippen LogP contribution in [0.3, 0.4) is 0 Å². The molecule has 140 valence electrons. The number of benzene rings is 2. The van der Waals surface area contributed by atoms with Gasteiger partial charge < -0.3 is 10.6 Å². The Labute approximate surface area is 167 Å². The van der Waals surface area contributed by atoms with Crippen LogP contribution in [-0.4, -0.2) is 5.91 Å². The quantitative estimate of drug-likeness (QED) is 0.450. The minimum Gasteiger partial charge on any atom is -0.360 e. The maximum absolute atomic E-state index is 13.1. The number of carbonyl (C=O) groups is 1. The summed E-state index contributed by atoms with van der Waals surface area (Å²) < 4.78 is 39.2. The zero-order valence-corrected chi connectivity index (χ0v) is 15.4. The number of nitrogens with one attached hydrogen (secondary N) is 2. The minimum absolute atomic E-state index is 0.102. The highest BCUT2D eigenvalue weighted by Gasteiger charge is 2.33. The molecule has 2 aromatic rings. The van der Waals surface area contributed by atoms with E-state index in [9.17, 15) is 18.0 Å². The predicted molar refractivity (Wildman–Crippen MR) is 98.9 cm³/mol. The van der Waals surface area contributed by atoms with E-state index in [1.807, 2.05) is 0 Å². The summed E-state index contributed by atoms with van der Waals surface area (Å²) in [4.78, 5) is 12.1. The molecule has 0 atom stereocenters. The Balaban J connectivity index is 2.23. The van der Waals surface area contributed by atoms with E-state index in [0.717, 1.165) is 18.3 Å². The van der Waals surface area contributed by atoms with Crippen LogP contribution in [0.2, 0.25) is 15.1 Å². The van der Waals surface area contributed by atoms with Crippen LogP contribution in [0.4, 0.5) is 24.5 Å². The van der Waals surface area contributed by atoms with E-state index in [1.165, 1.54) is 24.3 Å². The molecule has 4 nitrogen and oxygen atoms in total. The largest absolute Gasteiger partial charge is 0.418 e. The molecule has 0 aliphatic rings. The van der Waals surface area contributed by atoms with E-state index >= 15 is 0 Å². The van der Waals surface area contributed by atoms with Crippen LogP contribution in [0.25, 0.3) is 0 Å².